The molecule has 5 heteroatoms. The summed E-state index contributed by atoms with van der Waals surface area (Å²) in [6, 6.07) is 13.6. The van der Waals surface area contributed by atoms with Crippen LogP contribution in [0.25, 0.3) is 10.9 Å². The number of aromatic amines is 1. The zero-order valence-electron chi connectivity index (χ0n) is 13.1. The molecule has 0 bridgehead atoms. The van der Waals surface area contributed by atoms with Gasteiger partial charge in [-0.05, 0) is 35.7 Å². The number of esters is 1. The monoisotopic (exact) mass is 323 g/mol. The fourth-order valence-electron chi connectivity index (χ4n) is 2.84. The third-order valence-corrected chi connectivity index (χ3v) is 4.11. The van der Waals surface area contributed by atoms with E-state index in [2.05, 4.69) is 11.1 Å². The molecule has 0 spiro atoms. The van der Waals surface area contributed by atoms with Gasteiger partial charge in [-0.25, -0.2) is 0 Å². The number of H-pyrrole nitrogens is 1. The van der Waals surface area contributed by atoms with E-state index in [0.29, 0.717) is 18.6 Å². The Bertz CT molecular complexity index is 884. The summed E-state index contributed by atoms with van der Waals surface area (Å²) in [5.74, 6) is 1.21. The summed E-state index contributed by atoms with van der Waals surface area (Å²) in [5.41, 5.74) is 3.10. The molecule has 5 nitrogen and oxygen atoms in total. The molecule has 0 atom stereocenters. The van der Waals surface area contributed by atoms with Gasteiger partial charge in [0.25, 0.3) is 0 Å². The zero-order valence-corrected chi connectivity index (χ0v) is 13.1. The first-order valence-corrected chi connectivity index (χ1v) is 7.89. The lowest BCUT2D eigenvalue weighted by molar-refractivity contribution is -0.144. The lowest BCUT2D eigenvalue weighted by Crippen LogP contribution is -2.05. The molecule has 1 aliphatic rings. The van der Waals surface area contributed by atoms with Crippen molar-refractivity contribution < 1.29 is 19.0 Å². The van der Waals surface area contributed by atoms with Crippen molar-refractivity contribution in [2.24, 2.45) is 0 Å². The average Bonchev–Trinajstić information content (AvgIpc) is 3.24. The number of ether oxygens (including phenoxy) is 3. The van der Waals surface area contributed by atoms with Crippen LogP contribution in [-0.2, 0) is 22.6 Å². The van der Waals surface area contributed by atoms with Gasteiger partial charge in [0.05, 0.1) is 0 Å². The summed E-state index contributed by atoms with van der Waals surface area (Å²) in [4.78, 5) is 15.2. The van der Waals surface area contributed by atoms with Crippen molar-refractivity contribution in [1.29, 1.82) is 0 Å². The third-order valence-electron chi connectivity index (χ3n) is 4.11. The van der Waals surface area contributed by atoms with Gasteiger partial charge in [-0.2, -0.15) is 0 Å². The van der Waals surface area contributed by atoms with Crippen molar-refractivity contribution in [2.75, 3.05) is 6.79 Å². The van der Waals surface area contributed by atoms with Crippen LogP contribution in [0.15, 0.2) is 48.7 Å². The van der Waals surface area contributed by atoms with Gasteiger partial charge >= 0.3 is 5.97 Å². The Balaban J connectivity index is 1.32. The Morgan fingerprint density at radius 3 is 2.96 bits per heavy atom. The highest BCUT2D eigenvalue weighted by molar-refractivity contribution is 5.83. The van der Waals surface area contributed by atoms with Gasteiger partial charge in [-0.1, -0.05) is 24.3 Å². The quantitative estimate of drug-likeness (QED) is 0.729. The molecule has 0 fully saturated rings. The van der Waals surface area contributed by atoms with Gasteiger partial charge < -0.3 is 19.2 Å². The first kappa shape index (κ1) is 14.6. The summed E-state index contributed by atoms with van der Waals surface area (Å²) >= 11 is 0. The van der Waals surface area contributed by atoms with Gasteiger partial charge in [-0.15, -0.1) is 0 Å². The maximum Gasteiger partial charge on any atom is 0.306 e. The molecule has 1 aliphatic heterocycles. The molecule has 2 heterocycles. The fraction of sp³-hybridized carbons (Fsp3) is 0.211. The minimum absolute atomic E-state index is 0.210. The molecule has 0 aliphatic carbocycles. The minimum Gasteiger partial charge on any atom is -0.461 e. The maximum absolute atomic E-state index is 12.0. The zero-order chi connectivity index (χ0) is 16.4. The number of carbonyl (C=O) groups excluding carboxylic acids is 1. The lowest BCUT2D eigenvalue weighted by atomic mass is 10.1. The number of fused-ring (bicyclic) bond motifs is 2. The number of hydrogen-bond donors (Lipinski definition) is 1. The number of nitrogens with one attached hydrogen (secondary N) is 1. The van der Waals surface area contributed by atoms with E-state index in [1.165, 1.54) is 0 Å². The lowest BCUT2D eigenvalue weighted by Gasteiger charge is -2.06. The Morgan fingerprint density at radius 1 is 1.12 bits per heavy atom. The number of aromatic nitrogens is 1. The summed E-state index contributed by atoms with van der Waals surface area (Å²) < 4.78 is 15.9. The Kier molecular flexibility index (Phi) is 3.83. The molecule has 4 rings (SSSR count). The van der Waals surface area contributed by atoms with Crippen molar-refractivity contribution in [2.45, 2.75) is 19.4 Å². The predicted octanol–water partition coefficient (Wildman–Crippen LogP) is 3.57. The van der Waals surface area contributed by atoms with E-state index in [9.17, 15) is 4.79 Å². The van der Waals surface area contributed by atoms with Crippen molar-refractivity contribution in [3.63, 3.8) is 0 Å². The van der Waals surface area contributed by atoms with Crippen LogP contribution in [-0.4, -0.2) is 17.7 Å². The first-order chi connectivity index (χ1) is 11.8. The van der Waals surface area contributed by atoms with Crippen LogP contribution in [0, 0.1) is 0 Å². The molecule has 3 aromatic rings. The highest BCUT2D eigenvalue weighted by Gasteiger charge is 2.14. The summed E-state index contributed by atoms with van der Waals surface area (Å²) in [7, 11) is 0. The van der Waals surface area contributed by atoms with Crippen molar-refractivity contribution >= 4 is 16.9 Å². The normalized spacial score (nSPS) is 12.5. The van der Waals surface area contributed by atoms with E-state index in [1.54, 1.807) is 0 Å². The van der Waals surface area contributed by atoms with Crippen LogP contribution in [0.3, 0.4) is 0 Å². The molecule has 0 saturated carbocycles. The second-order valence-corrected chi connectivity index (χ2v) is 5.71. The Hall–Kier alpha value is -2.95. The van der Waals surface area contributed by atoms with E-state index in [0.717, 1.165) is 27.8 Å². The summed E-state index contributed by atoms with van der Waals surface area (Å²) in [5, 5.41) is 1.15. The van der Waals surface area contributed by atoms with Crippen LogP contribution >= 0.6 is 0 Å². The minimum atomic E-state index is -0.210. The third kappa shape index (κ3) is 2.93. The molecular formula is C19H17NO4. The van der Waals surface area contributed by atoms with E-state index < -0.39 is 0 Å². The number of hydrogen-bond acceptors (Lipinski definition) is 4. The van der Waals surface area contributed by atoms with Gasteiger partial charge in [0.1, 0.15) is 6.61 Å². The molecule has 2 aromatic carbocycles. The fourth-order valence-corrected chi connectivity index (χ4v) is 2.84. The van der Waals surface area contributed by atoms with Crippen LogP contribution in [0.1, 0.15) is 17.5 Å². The van der Waals surface area contributed by atoms with Crippen LogP contribution in [0.2, 0.25) is 0 Å². The van der Waals surface area contributed by atoms with Crippen molar-refractivity contribution in [1.82, 2.24) is 4.98 Å². The molecule has 24 heavy (non-hydrogen) atoms. The number of aryl methyl sites for hydroxylation is 1. The number of rotatable bonds is 5. The topological polar surface area (TPSA) is 60.6 Å². The van der Waals surface area contributed by atoms with Gasteiger partial charge in [0.15, 0.2) is 11.5 Å². The molecular weight excluding hydrogens is 306 g/mol. The van der Waals surface area contributed by atoms with Crippen LogP contribution < -0.4 is 9.47 Å². The van der Waals surface area contributed by atoms with Crippen molar-refractivity contribution in [3.8, 4) is 11.5 Å². The smallest absolute Gasteiger partial charge is 0.306 e. The molecule has 122 valence electrons. The van der Waals surface area contributed by atoms with Crippen LogP contribution in [0.5, 0.6) is 11.5 Å². The molecule has 1 aromatic heterocycles. The predicted molar refractivity (Wildman–Crippen MR) is 89.0 cm³/mol. The second kappa shape index (κ2) is 6.28. The molecule has 0 amide bonds. The summed E-state index contributed by atoms with van der Waals surface area (Å²) in [6.07, 6.45) is 2.96. The number of benzene rings is 2. The standard InChI is InChI=1S/C19H17NO4/c21-19(8-6-14-10-20-16-4-2-1-3-15(14)16)22-11-13-5-7-17-18(9-13)24-12-23-17/h1-5,7,9-10,20H,6,8,11-12H2. The Labute approximate surface area is 139 Å². The first-order valence-electron chi connectivity index (χ1n) is 7.89. The largest absolute Gasteiger partial charge is 0.461 e. The van der Waals surface area contributed by atoms with E-state index >= 15 is 0 Å². The number of para-hydroxylation sites is 1. The maximum atomic E-state index is 12.0. The van der Waals surface area contributed by atoms with Crippen molar-refractivity contribution in [3.05, 3.63) is 59.8 Å². The molecule has 0 saturated heterocycles. The van der Waals surface area contributed by atoms with E-state index in [4.69, 9.17) is 14.2 Å². The second-order valence-electron chi connectivity index (χ2n) is 5.71. The number of carbonyl (C=O) groups is 1. The van der Waals surface area contributed by atoms with E-state index in [-0.39, 0.29) is 19.4 Å². The van der Waals surface area contributed by atoms with E-state index in [1.807, 2.05) is 42.6 Å². The van der Waals surface area contributed by atoms with Crippen LogP contribution in [0.4, 0.5) is 0 Å². The average molecular weight is 323 g/mol. The molecule has 1 N–H and O–H groups in total. The van der Waals surface area contributed by atoms with Gasteiger partial charge in [-0.3, -0.25) is 4.79 Å². The van der Waals surface area contributed by atoms with Gasteiger partial charge in [0.2, 0.25) is 6.79 Å². The SMILES string of the molecule is O=C(CCc1c[nH]c2ccccc12)OCc1ccc2c(c1)OCO2. The molecule has 0 radical (unpaired) electrons. The highest BCUT2D eigenvalue weighted by Crippen LogP contribution is 2.32. The molecule has 0 unspecified atom stereocenters. The summed E-state index contributed by atoms with van der Waals surface area (Å²) in [6.45, 7) is 0.479. The Morgan fingerprint density at radius 2 is 2.00 bits per heavy atom. The highest BCUT2D eigenvalue weighted by atomic mass is 16.7. The van der Waals surface area contributed by atoms with Gasteiger partial charge in [0, 0.05) is 23.5 Å².